The molecule has 120 valence electrons. The molecule has 2 heterocycles. The van der Waals surface area contributed by atoms with Crippen molar-refractivity contribution in [2.24, 2.45) is 0 Å². The lowest BCUT2D eigenvalue weighted by atomic mass is 9.94. The molecule has 1 aromatic rings. The van der Waals surface area contributed by atoms with E-state index in [1.807, 2.05) is 6.92 Å². The van der Waals surface area contributed by atoms with Crippen LogP contribution >= 0.6 is 11.6 Å². The maximum Gasteiger partial charge on any atom is 0.0858 e. The number of hydrogen-bond donors (Lipinski definition) is 0. The van der Waals surface area contributed by atoms with E-state index in [1.165, 1.54) is 11.3 Å². The molecule has 0 N–H and O–H groups in total. The highest BCUT2D eigenvalue weighted by molar-refractivity contribution is 6.20. The van der Waals surface area contributed by atoms with Crippen LogP contribution in [0, 0.1) is 0 Å². The van der Waals surface area contributed by atoms with E-state index in [2.05, 4.69) is 46.2 Å². The van der Waals surface area contributed by atoms with Crippen LogP contribution in [0.2, 0.25) is 0 Å². The van der Waals surface area contributed by atoms with E-state index in [-0.39, 0.29) is 22.6 Å². The summed E-state index contributed by atoms with van der Waals surface area (Å²) in [7, 11) is 0. The SMILES string of the molecule is CCc1nn(C2CC(C)(C)OC2(C)C)c(CC)c1C(C)Cl. The van der Waals surface area contributed by atoms with Crippen LogP contribution in [0.1, 0.15) is 83.3 Å². The number of aryl methyl sites for hydroxylation is 1. The molecule has 0 aromatic carbocycles. The summed E-state index contributed by atoms with van der Waals surface area (Å²) in [5.74, 6) is 0. The van der Waals surface area contributed by atoms with E-state index in [4.69, 9.17) is 21.4 Å². The second-order valence-electron chi connectivity index (χ2n) is 7.26. The second-order valence-corrected chi connectivity index (χ2v) is 7.91. The second kappa shape index (κ2) is 5.58. The van der Waals surface area contributed by atoms with Gasteiger partial charge in [0.1, 0.15) is 0 Å². The van der Waals surface area contributed by atoms with Gasteiger partial charge in [0.05, 0.1) is 28.3 Å². The van der Waals surface area contributed by atoms with E-state index < -0.39 is 0 Å². The third kappa shape index (κ3) is 3.00. The molecule has 4 heteroatoms. The highest BCUT2D eigenvalue weighted by atomic mass is 35.5. The van der Waals surface area contributed by atoms with Crippen molar-refractivity contribution in [3.63, 3.8) is 0 Å². The molecule has 0 bridgehead atoms. The van der Waals surface area contributed by atoms with Crippen molar-refractivity contribution in [1.82, 2.24) is 9.78 Å². The first-order valence-corrected chi connectivity index (χ1v) is 8.51. The van der Waals surface area contributed by atoms with Crippen molar-refractivity contribution in [1.29, 1.82) is 0 Å². The summed E-state index contributed by atoms with van der Waals surface area (Å²) in [4.78, 5) is 0. The number of rotatable bonds is 4. The Morgan fingerprint density at radius 1 is 1.29 bits per heavy atom. The molecule has 2 unspecified atom stereocenters. The molecule has 3 nitrogen and oxygen atoms in total. The third-order valence-electron chi connectivity index (χ3n) is 4.52. The van der Waals surface area contributed by atoms with Gasteiger partial charge >= 0.3 is 0 Å². The summed E-state index contributed by atoms with van der Waals surface area (Å²) in [5, 5.41) is 4.92. The Kier molecular flexibility index (Phi) is 4.47. The number of halogens is 1. The van der Waals surface area contributed by atoms with E-state index in [9.17, 15) is 0 Å². The van der Waals surface area contributed by atoms with Crippen LogP contribution in [-0.2, 0) is 17.6 Å². The minimum Gasteiger partial charge on any atom is -0.367 e. The molecule has 0 aliphatic carbocycles. The van der Waals surface area contributed by atoms with Crippen LogP contribution in [0.15, 0.2) is 0 Å². The first kappa shape index (κ1) is 16.8. The zero-order chi connectivity index (χ0) is 16.0. The third-order valence-corrected chi connectivity index (χ3v) is 4.73. The van der Waals surface area contributed by atoms with E-state index in [0.29, 0.717) is 0 Å². The molecule has 0 saturated carbocycles. The molecule has 1 fully saturated rings. The lowest BCUT2D eigenvalue weighted by molar-refractivity contribution is -0.0739. The van der Waals surface area contributed by atoms with Gasteiger partial charge in [-0.2, -0.15) is 5.10 Å². The maximum absolute atomic E-state index is 6.43. The van der Waals surface area contributed by atoms with Crippen molar-refractivity contribution in [2.45, 2.75) is 90.3 Å². The van der Waals surface area contributed by atoms with E-state index in [1.54, 1.807) is 0 Å². The Bertz CT molecular complexity index is 517. The molecule has 1 saturated heterocycles. The zero-order valence-corrected chi connectivity index (χ0v) is 15.2. The van der Waals surface area contributed by atoms with Crippen molar-refractivity contribution in [3.05, 3.63) is 17.0 Å². The molecular weight excluding hydrogens is 284 g/mol. The van der Waals surface area contributed by atoms with Gasteiger partial charge < -0.3 is 4.74 Å². The standard InChI is InChI=1S/C17H29ClN2O/c1-8-12-15(11(3)18)13(9-2)20(19-12)14-10-16(4,5)21-17(14,6)7/h11,14H,8-10H2,1-7H3. The minimum atomic E-state index is -0.211. The zero-order valence-electron chi connectivity index (χ0n) is 14.5. The predicted molar refractivity (Wildman–Crippen MR) is 88.1 cm³/mol. The summed E-state index contributed by atoms with van der Waals surface area (Å²) in [6, 6.07) is 0.261. The highest BCUT2D eigenvalue weighted by Crippen LogP contribution is 2.46. The van der Waals surface area contributed by atoms with Gasteiger partial charge in [-0.25, -0.2) is 0 Å². The number of nitrogens with zero attached hydrogens (tertiary/aromatic N) is 2. The Labute approximate surface area is 134 Å². The molecule has 1 aliphatic heterocycles. The van der Waals surface area contributed by atoms with Gasteiger partial charge in [-0.3, -0.25) is 4.68 Å². The number of alkyl halides is 1. The largest absolute Gasteiger partial charge is 0.367 e. The van der Waals surface area contributed by atoms with Gasteiger partial charge in [-0.1, -0.05) is 13.8 Å². The molecule has 1 aromatic heterocycles. The maximum atomic E-state index is 6.43. The summed E-state index contributed by atoms with van der Waals surface area (Å²) < 4.78 is 8.46. The number of ether oxygens (including phenoxy) is 1. The van der Waals surface area contributed by atoms with Gasteiger partial charge in [-0.05, 0) is 47.5 Å². The number of hydrogen-bond acceptors (Lipinski definition) is 2. The quantitative estimate of drug-likeness (QED) is 0.745. The molecule has 1 aliphatic rings. The lowest BCUT2D eigenvalue weighted by Gasteiger charge is -2.28. The molecule has 0 amide bonds. The van der Waals surface area contributed by atoms with Crippen molar-refractivity contribution in [2.75, 3.05) is 0 Å². The van der Waals surface area contributed by atoms with Crippen LogP contribution in [0.3, 0.4) is 0 Å². The van der Waals surface area contributed by atoms with Crippen LogP contribution in [0.4, 0.5) is 0 Å². The monoisotopic (exact) mass is 312 g/mol. The minimum absolute atomic E-state index is 0.00194. The fourth-order valence-corrected chi connectivity index (χ4v) is 4.03. The first-order valence-electron chi connectivity index (χ1n) is 8.07. The average Bonchev–Trinajstić information content (AvgIpc) is 2.82. The fraction of sp³-hybridized carbons (Fsp3) is 0.824. The van der Waals surface area contributed by atoms with E-state index >= 15 is 0 Å². The van der Waals surface area contributed by atoms with Crippen molar-refractivity contribution < 1.29 is 4.74 Å². The van der Waals surface area contributed by atoms with Crippen LogP contribution in [-0.4, -0.2) is 21.0 Å². The molecule has 0 spiro atoms. The van der Waals surface area contributed by atoms with Gasteiger partial charge in [0, 0.05) is 17.7 Å². The lowest BCUT2D eigenvalue weighted by Crippen LogP contribution is -2.32. The van der Waals surface area contributed by atoms with Crippen LogP contribution < -0.4 is 0 Å². The molecular formula is C17H29ClN2O. The number of aromatic nitrogens is 2. The Balaban J connectivity index is 2.54. The normalized spacial score (nSPS) is 25.2. The summed E-state index contributed by atoms with van der Waals surface area (Å²) in [6.45, 7) is 15.0. The first-order chi connectivity index (χ1) is 9.63. The predicted octanol–water partition coefficient (Wildman–Crippen LogP) is 4.83. The van der Waals surface area contributed by atoms with Crippen LogP contribution in [0.5, 0.6) is 0 Å². The smallest absolute Gasteiger partial charge is 0.0858 e. The summed E-state index contributed by atoms with van der Waals surface area (Å²) in [5.41, 5.74) is 3.31. The van der Waals surface area contributed by atoms with Crippen molar-refractivity contribution in [3.8, 4) is 0 Å². The van der Waals surface area contributed by atoms with Crippen LogP contribution in [0.25, 0.3) is 0 Å². The molecule has 2 rings (SSSR count). The van der Waals surface area contributed by atoms with Crippen molar-refractivity contribution >= 4 is 11.6 Å². The highest BCUT2D eigenvalue weighted by Gasteiger charge is 2.48. The van der Waals surface area contributed by atoms with Gasteiger partial charge in [0.25, 0.3) is 0 Å². The Hall–Kier alpha value is -0.540. The Morgan fingerprint density at radius 3 is 2.29 bits per heavy atom. The summed E-state index contributed by atoms with van der Waals surface area (Å²) >= 11 is 6.43. The fourth-order valence-electron chi connectivity index (χ4n) is 3.78. The van der Waals surface area contributed by atoms with Gasteiger partial charge in [0.15, 0.2) is 0 Å². The molecule has 21 heavy (non-hydrogen) atoms. The van der Waals surface area contributed by atoms with Gasteiger partial charge in [-0.15, -0.1) is 11.6 Å². The van der Waals surface area contributed by atoms with Gasteiger partial charge in [0.2, 0.25) is 0 Å². The Morgan fingerprint density at radius 2 is 1.90 bits per heavy atom. The summed E-state index contributed by atoms with van der Waals surface area (Å²) in [6.07, 6.45) is 2.85. The topological polar surface area (TPSA) is 27.1 Å². The average molecular weight is 313 g/mol. The molecule has 2 atom stereocenters. The van der Waals surface area contributed by atoms with E-state index in [0.717, 1.165) is 25.0 Å². The molecule has 0 radical (unpaired) electrons.